The zero-order chi connectivity index (χ0) is 19.1. The van der Waals surface area contributed by atoms with Crippen LogP contribution in [0, 0.1) is 5.92 Å². The first-order valence-electron chi connectivity index (χ1n) is 9.57. The molecule has 28 heavy (non-hydrogen) atoms. The third kappa shape index (κ3) is 2.91. The van der Waals surface area contributed by atoms with Crippen molar-refractivity contribution >= 4 is 11.7 Å². The predicted molar refractivity (Wildman–Crippen MR) is 106 cm³/mol. The molecule has 3 aromatic rings. The van der Waals surface area contributed by atoms with E-state index in [0.29, 0.717) is 31.0 Å². The minimum Gasteiger partial charge on any atom is -0.464 e. The number of nitrogens with one attached hydrogen (secondary N) is 1. The van der Waals surface area contributed by atoms with Crippen molar-refractivity contribution in [3.63, 3.8) is 0 Å². The molecule has 2 amide bonds. The molecule has 0 saturated carbocycles. The van der Waals surface area contributed by atoms with Gasteiger partial charge in [0.2, 0.25) is 0 Å². The number of piperidine rings is 1. The highest BCUT2D eigenvalue weighted by Gasteiger charge is 2.36. The summed E-state index contributed by atoms with van der Waals surface area (Å²) in [6.45, 7) is 1.91. The molecule has 4 heterocycles. The van der Waals surface area contributed by atoms with E-state index in [2.05, 4.69) is 5.32 Å². The van der Waals surface area contributed by atoms with E-state index in [4.69, 9.17) is 4.42 Å². The van der Waals surface area contributed by atoms with Gasteiger partial charge in [-0.3, -0.25) is 4.79 Å². The largest absolute Gasteiger partial charge is 0.464 e. The number of para-hydroxylation sites is 1. The number of amides is 2. The average molecular weight is 375 g/mol. The summed E-state index contributed by atoms with van der Waals surface area (Å²) in [5.41, 5.74) is 2.38. The summed E-state index contributed by atoms with van der Waals surface area (Å²) >= 11 is 0. The number of carbonyl (C=O) groups is 1. The van der Waals surface area contributed by atoms with Crippen LogP contribution in [0.2, 0.25) is 0 Å². The Morgan fingerprint density at radius 1 is 1.00 bits per heavy atom. The Kier molecular flexibility index (Phi) is 4.04. The minimum absolute atomic E-state index is 0.00987. The van der Waals surface area contributed by atoms with E-state index in [1.807, 2.05) is 58.0 Å². The number of hydrogen-bond donors (Lipinski definition) is 1. The first-order chi connectivity index (χ1) is 13.7. The van der Waals surface area contributed by atoms with E-state index in [0.717, 1.165) is 17.8 Å². The van der Waals surface area contributed by atoms with Crippen LogP contribution < -0.4 is 10.9 Å². The lowest BCUT2D eigenvalue weighted by Crippen LogP contribution is -2.50. The fourth-order valence-electron chi connectivity index (χ4n) is 4.46. The Labute approximate surface area is 162 Å². The van der Waals surface area contributed by atoms with Crippen molar-refractivity contribution in [2.75, 3.05) is 18.4 Å². The Bertz CT molecular complexity index is 1060. The number of urea groups is 1. The number of anilines is 1. The minimum atomic E-state index is -0.0797. The topological polar surface area (TPSA) is 67.5 Å². The molecule has 5 rings (SSSR count). The highest BCUT2D eigenvalue weighted by Crippen LogP contribution is 2.36. The number of aromatic nitrogens is 1. The second-order valence-electron chi connectivity index (χ2n) is 7.56. The Balaban J connectivity index is 1.40. The molecule has 0 unspecified atom stereocenters. The summed E-state index contributed by atoms with van der Waals surface area (Å²) < 4.78 is 7.29. The van der Waals surface area contributed by atoms with Gasteiger partial charge in [-0.2, -0.15) is 0 Å². The fourth-order valence-corrected chi connectivity index (χ4v) is 4.46. The molecule has 142 valence electrons. The smallest absolute Gasteiger partial charge is 0.321 e. The molecule has 0 radical (unpaired) electrons. The Hall–Kier alpha value is -3.28. The van der Waals surface area contributed by atoms with E-state index < -0.39 is 0 Å². The standard InChI is InChI=1S/C22H21N3O3/c26-21-18(20-7-4-10-28-20)8-9-19-16-11-15(13-25(19)21)12-24(14-16)22(27)23-17-5-2-1-3-6-17/h1-10,15-16H,11-14H2,(H,23,27)/t15-,16-/m1/s1. The lowest BCUT2D eigenvalue weighted by atomic mass is 9.83. The van der Waals surface area contributed by atoms with Gasteiger partial charge < -0.3 is 19.2 Å². The van der Waals surface area contributed by atoms with E-state index >= 15 is 0 Å². The normalized spacial score (nSPS) is 20.5. The number of carbonyl (C=O) groups excluding carboxylic acids is 1. The SMILES string of the molecule is O=C(Nc1ccccc1)N1C[C@H]2C[C@H](C1)c1ccc(-c3ccco3)c(=O)n1C2. The van der Waals surface area contributed by atoms with Crippen LogP contribution in [0.1, 0.15) is 18.0 Å². The molecule has 1 saturated heterocycles. The summed E-state index contributed by atoms with van der Waals surface area (Å²) in [6.07, 6.45) is 2.59. The van der Waals surface area contributed by atoms with Gasteiger partial charge in [0.05, 0.1) is 11.8 Å². The van der Waals surface area contributed by atoms with E-state index in [-0.39, 0.29) is 23.4 Å². The monoisotopic (exact) mass is 375 g/mol. The number of hydrogen-bond acceptors (Lipinski definition) is 3. The van der Waals surface area contributed by atoms with Crippen LogP contribution in [0.4, 0.5) is 10.5 Å². The lowest BCUT2D eigenvalue weighted by Gasteiger charge is -2.42. The van der Waals surface area contributed by atoms with Gasteiger partial charge in [-0.15, -0.1) is 0 Å². The summed E-state index contributed by atoms with van der Waals surface area (Å²) in [6, 6.07) is 16.9. The maximum atomic E-state index is 13.0. The molecular weight excluding hydrogens is 354 g/mol. The summed E-state index contributed by atoms with van der Waals surface area (Å²) in [5, 5.41) is 2.97. The van der Waals surface area contributed by atoms with E-state index in [9.17, 15) is 9.59 Å². The van der Waals surface area contributed by atoms with Crippen LogP contribution in [0.5, 0.6) is 0 Å². The molecule has 1 aromatic carbocycles. The van der Waals surface area contributed by atoms with Crippen LogP contribution in [-0.4, -0.2) is 28.6 Å². The Morgan fingerprint density at radius 2 is 1.86 bits per heavy atom. The maximum absolute atomic E-state index is 13.0. The lowest BCUT2D eigenvalue weighted by molar-refractivity contribution is 0.139. The van der Waals surface area contributed by atoms with Gasteiger partial charge in [-0.05, 0) is 48.7 Å². The second kappa shape index (κ2) is 6.71. The third-order valence-corrected chi connectivity index (χ3v) is 5.70. The number of likely N-dealkylation sites (tertiary alicyclic amines) is 1. The molecule has 2 aromatic heterocycles. The average Bonchev–Trinajstić information content (AvgIpc) is 3.24. The highest BCUT2D eigenvalue weighted by atomic mass is 16.3. The van der Waals surface area contributed by atoms with Crippen molar-refractivity contribution in [1.29, 1.82) is 0 Å². The molecule has 2 atom stereocenters. The van der Waals surface area contributed by atoms with Gasteiger partial charge in [0.1, 0.15) is 5.76 Å². The predicted octanol–water partition coefficient (Wildman–Crippen LogP) is 3.76. The molecule has 6 nitrogen and oxygen atoms in total. The number of furan rings is 1. The molecular formula is C22H21N3O3. The zero-order valence-corrected chi connectivity index (χ0v) is 15.4. The van der Waals surface area contributed by atoms with Crippen LogP contribution in [-0.2, 0) is 6.54 Å². The summed E-state index contributed by atoms with van der Waals surface area (Å²) in [4.78, 5) is 27.6. The Morgan fingerprint density at radius 3 is 2.64 bits per heavy atom. The number of pyridine rings is 1. The maximum Gasteiger partial charge on any atom is 0.321 e. The van der Waals surface area contributed by atoms with Gasteiger partial charge in [0, 0.05) is 36.9 Å². The van der Waals surface area contributed by atoms with Gasteiger partial charge in [-0.25, -0.2) is 4.79 Å². The fraction of sp³-hybridized carbons (Fsp3) is 0.273. The van der Waals surface area contributed by atoms with Crippen LogP contribution >= 0.6 is 0 Å². The molecule has 2 bridgehead atoms. The van der Waals surface area contributed by atoms with Crippen molar-refractivity contribution in [3.8, 4) is 11.3 Å². The number of nitrogens with zero attached hydrogens (tertiary/aromatic N) is 2. The number of benzene rings is 1. The quantitative estimate of drug-likeness (QED) is 0.742. The van der Waals surface area contributed by atoms with Crippen molar-refractivity contribution in [2.24, 2.45) is 5.92 Å². The molecule has 0 aliphatic carbocycles. The third-order valence-electron chi connectivity index (χ3n) is 5.70. The molecule has 2 aliphatic rings. The van der Waals surface area contributed by atoms with Crippen molar-refractivity contribution in [1.82, 2.24) is 9.47 Å². The van der Waals surface area contributed by atoms with Crippen LogP contribution in [0.15, 0.2) is 70.1 Å². The zero-order valence-electron chi connectivity index (χ0n) is 15.4. The van der Waals surface area contributed by atoms with Crippen LogP contribution in [0.3, 0.4) is 0 Å². The molecule has 1 N–H and O–H groups in total. The van der Waals surface area contributed by atoms with Gasteiger partial charge in [0.15, 0.2) is 0 Å². The van der Waals surface area contributed by atoms with E-state index in [1.54, 1.807) is 12.3 Å². The molecule has 1 fully saturated rings. The van der Waals surface area contributed by atoms with Gasteiger partial charge >= 0.3 is 6.03 Å². The second-order valence-corrected chi connectivity index (χ2v) is 7.56. The van der Waals surface area contributed by atoms with Gasteiger partial charge in [-0.1, -0.05) is 18.2 Å². The first-order valence-corrected chi connectivity index (χ1v) is 9.57. The number of rotatable bonds is 2. The first kappa shape index (κ1) is 16.9. The highest BCUT2D eigenvalue weighted by molar-refractivity contribution is 5.89. The van der Waals surface area contributed by atoms with Crippen molar-refractivity contribution in [2.45, 2.75) is 18.9 Å². The number of fused-ring (bicyclic) bond motifs is 4. The summed E-state index contributed by atoms with van der Waals surface area (Å²) in [5.74, 6) is 1.05. The van der Waals surface area contributed by atoms with Crippen LogP contribution in [0.25, 0.3) is 11.3 Å². The molecule has 2 aliphatic heterocycles. The van der Waals surface area contributed by atoms with Crippen molar-refractivity contribution < 1.29 is 9.21 Å². The molecule has 6 heteroatoms. The molecule has 0 spiro atoms. The van der Waals surface area contributed by atoms with E-state index in [1.165, 1.54) is 0 Å². The summed E-state index contributed by atoms with van der Waals surface area (Å²) in [7, 11) is 0. The van der Waals surface area contributed by atoms with Gasteiger partial charge in [0.25, 0.3) is 5.56 Å². The van der Waals surface area contributed by atoms with Crippen molar-refractivity contribution in [3.05, 3.63) is 76.9 Å².